The minimum absolute atomic E-state index is 0.0273. The molecular formula is C23H29N3O2. The first kappa shape index (κ1) is 20.2. The van der Waals surface area contributed by atoms with E-state index >= 15 is 0 Å². The van der Waals surface area contributed by atoms with Gasteiger partial charge in [-0.1, -0.05) is 42.0 Å². The highest BCUT2D eigenvalue weighted by molar-refractivity contribution is 6.03. The summed E-state index contributed by atoms with van der Waals surface area (Å²) in [6.45, 7) is 7.74. The van der Waals surface area contributed by atoms with E-state index in [9.17, 15) is 4.79 Å². The number of aryl methyl sites for hydroxylation is 3. The maximum absolute atomic E-state index is 12.9. The van der Waals surface area contributed by atoms with Gasteiger partial charge in [-0.05, 0) is 49.1 Å². The van der Waals surface area contributed by atoms with E-state index in [0.717, 1.165) is 23.3 Å². The Morgan fingerprint density at radius 3 is 2.57 bits per heavy atom. The molecule has 0 radical (unpaired) electrons. The summed E-state index contributed by atoms with van der Waals surface area (Å²) < 4.78 is 5.03. The minimum atomic E-state index is -0.0751. The molecule has 0 aliphatic carbocycles. The van der Waals surface area contributed by atoms with Gasteiger partial charge in [0, 0.05) is 20.1 Å². The average Bonchev–Trinajstić information content (AvgIpc) is 3.13. The number of benzene rings is 2. The highest BCUT2D eigenvalue weighted by Gasteiger charge is 2.32. The maximum Gasteiger partial charge on any atom is 0.257 e. The summed E-state index contributed by atoms with van der Waals surface area (Å²) in [5.74, 6) is -0.0273. The number of carbonyl (C=O) groups is 1. The Hall–Kier alpha value is -2.50. The smallest absolute Gasteiger partial charge is 0.257 e. The van der Waals surface area contributed by atoms with Gasteiger partial charge in [-0.15, -0.1) is 0 Å². The van der Waals surface area contributed by atoms with Gasteiger partial charge in [0.05, 0.1) is 24.9 Å². The highest BCUT2D eigenvalue weighted by Crippen LogP contribution is 2.33. The molecule has 1 atom stereocenters. The number of nitrogens with zero attached hydrogens (tertiary/aromatic N) is 2. The van der Waals surface area contributed by atoms with Crippen LogP contribution in [-0.4, -0.2) is 43.4 Å². The van der Waals surface area contributed by atoms with E-state index < -0.39 is 0 Å². The first-order valence-electron chi connectivity index (χ1n) is 9.73. The molecule has 1 amide bonds. The fraction of sp³-hybridized carbons (Fsp3) is 0.391. The van der Waals surface area contributed by atoms with E-state index in [-0.39, 0.29) is 18.5 Å². The molecule has 1 N–H and O–H groups in total. The fourth-order valence-corrected chi connectivity index (χ4v) is 3.33. The zero-order chi connectivity index (χ0) is 20.1. The molecule has 5 nitrogen and oxygen atoms in total. The minimum Gasteiger partial charge on any atom is -0.383 e. The van der Waals surface area contributed by atoms with Gasteiger partial charge in [-0.3, -0.25) is 4.79 Å². The van der Waals surface area contributed by atoms with Crippen LogP contribution in [-0.2, 0) is 9.53 Å². The van der Waals surface area contributed by atoms with Crippen LogP contribution in [0.2, 0.25) is 0 Å². The van der Waals surface area contributed by atoms with E-state index in [4.69, 9.17) is 9.84 Å². The second kappa shape index (κ2) is 9.13. The Kier molecular flexibility index (Phi) is 6.60. The van der Waals surface area contributed by atoms with Crippen molar-refractivity contribution in [3.63, 3.8) is 0 Å². The third kappa shape index (κ3) is 4.66. The number of methoxy groups -OCH3 is 1. The van der Waals surface area contributed by atoms with Crippen molar-refractivity contribution in [3.8, 4) is 0 Å². The Morgan fingerprint density at radius 2 is 1.89 bits per heavy atom. The van der Waals surface area contributed by atoms with Crippen molar-refractivity contribution in [2.24, 2.45) is 5.10 Å². The Morgan fingerprint density at radius 1 is 1.14 bits per heavy atom. The van der Waals surface area contributed by atoms with Gasteiger partial charge in [-0.2, -0.15) is 5.10 Å². The van der Waals surface area contributed by atoms with Crippen LogP contribution in [0.4, 0.5) is 0 Å². The molecule has 0 saturated heterocycles. The zero-order valence-corrected chi connectivity index (χ0v) is 17.2. The van der Waals surface area contributed by atoms with Crippen molar-refractivity contribution in [1.82, 2.24) is 10.3 Å². The molecular weight excluding hydrogens is 350 g/mol. The number of ether oxygens (including phenoxy) is 1. The normalized spacial score (nSPS) is 16.4. The highest BCUT2D eigenvalue weighted by atomic mass is 16.5. The van der Waals surface area contributed by atoms with E-state index in [1.165, 1.54) is 16.7 Å². The number of rotatable bonds is 7. The quantitative estimate of drug-likeness (QED) is 0.749. The zero-order valence-electron chi connectivity index (χ0n) is 17.2. The second-order valence-corrected chi connectivity index (χ2v) is 7.38. The van der Waals surface area contributed by atoms with Crippen LogP contribution in [0.25, 0.3) is 0 Å². The van der Waals surface area contributed by atoms with Crippen LogP contribution in [0.15, 0.2) is 47.6 Å². The van der Waals surface area contributed by atoms with Crippen LogP contribution >= 0.6 is 0 Å². The average molecular weight is 380 g/mol. The largest absolute Gasteiger partial charge is 0.383 e. The molecule has 1 aliphatic rings. The van der Waals surface area contributed by atoms with Gasteiger partial charge in [0.1, 0.15) is 0 Å². The molecule has 3 rings (SSSR count). The van der Waals surface area contributed by atoms with Crippen molar-refractivity contribution >= 4 is 11.6 Å². The predicted molar refractivity (Wildman–Crippen MR) is 113 cm³/mol. The Balaban J connectivity index is 1.85. The van der Waals surface area contributed by atoms with Gasteiger partial charge < -0.3 is 10.1 Å². The van der Waals surface area contributed by atoms with Crippen molar-refractivity contribution < 1.29 is 9.53 Å². The Bertz CT molecular complexity index is 859. The number of hydrogen-bond acceptors (Lipinski definition) is 4. The van der Waals surface area contributed by atoms with Gasteiger partial charge in [0.2, 0.25) is 0 Å². The van der Waals surface area contributed by atoms with Crippen LogP contribution in [0.3, 0.4) is 0 Å². The van der Waals surface area contributed by atoms with Crippen molar-refractivity contribution in [2.45, 2.75) is 33.2 Å². The fourth-order valence-electron chi connectivity index (χ4n) is 3.33. The molecule has 28 heavy (non-hydrogen) atoms. The first-order chi connectivity index (χ1) is 13.5. The molecule has 0 bridgehead atoms. The van der Waals surface area contributed by atoms with Crippen molar-refractivity contribution in [3.05, 3.63) is 70.3 Å². The van der Waals surface area contributed by atoms with Gasteiger partial charge >= 0.3 is 0 Å². The van der Waals surface area contributed by atoms with Crippen molar-refractivity contribution in [1.29, 1.82) is 0 Å². The van der Waals surface area contributed by atoms with Crippen LogP contribution in [0, 0.1) is 20.8 Å². The third-order valence-corrected chi connectivity index (χ3v) is 5.23. The monoisotopic (exact) mass is 379 g/mol. The van der Waals surface area contributed by atoms with Crippen LogP contribution in [0.1, 0.15) is 40.3 Å². The third-order valence-electron chi connectivity index (χ3n) is 5.23. The number of hydrazone groups is 1. The van der Waals surface area contributed by atoms with Gasteiger partial charge in [0.25, 0.3) is 5.91 Å². The number of carbonyl (C=O) groups excluding carboxylic acids is 1. The van der Waals surface area contributed by atoms with Crippen molar-refractivity contribution in [2.75, 3.05) is 26.8 Å². The molecule has 0 saturated carbocycles. The van der Waals surface area contributed by atoms with E-state index in [1.54, 1.807) is 12.1 Å². The van der Waals surface area contributed by atoms with Crippen LogP contribution < -0.4 is 5.32 Å². The summed E-state index contributed by atoms with van der Waals surface area (Å²) in [6.07, 6.45) is 0.718. The molecule has 2 aromatic carbocycles. The summed E-state index contributed by atoms with van der Waals surface area (Å²) >= 11 is 0. The lowest BCUT2D eigenvalue weighted by molar-refractivity contribution is -0.132. The molecule has 2 aromatic rings. The SMILES string of the molecule is COCCNCC(=O)N1N=C(c2ccc(C)c(C)c2)CC1c1ccc(C)cc1. The summed E-state index contributed by atoms with van der Waals surface area (Å²) in [5, 5.41) is 9.51. The predicted octanol–water partition coefficient (Wildman–Crippen LogP) is 3.53. The van der Waals surface area contributed by atoms with E-state index in [1.807, 2.05) is 0 Å². The maximum atomic E-state index is 12.9. The molecule has 0 spiro atoms. The first-order valence-corrected chi connectivity index (χ1v) is 9.73. The second-order valence-electron chi connectivity index (χ2n) is 7.38. The number of hydrogen-bond donors (Lipinski definition) is 1. The molecule has 1 aliphatic heterocycles. The Labute approximate surface area is 167 Å². The summed E-state index contributed by atoms with van der Waals surface area (Å²) in [4.78, 5) is 12.9. The molecule has 148 valence electrons. The topological polar surface area (TPSA) is 53.9 Å². The summed E-state index contributed by atoms with van der Waals surface area (Å²) in [6, 6.07) is 14.7. The molecule has 5 heteroatoms. The molecule has 0 fully saturated rings. The van der Waals surface area contributed by atoms with E-state index in [0.29, 0.717) is 13.2 Å². The van der Waals surface area contributed by atoms with E-state index in [2.05, 4.69) is 68.6 Å². The van der Waals surface area contributed by atoms with Gasteiger partial charge in [-0.25, -0.2) is 5.01 Å². The number of nitrogens with one attached hydrogen (secondary N) is 1. The summed E-state index contributed by atoms with van der Waals surface area (Å²) in [5.41, 5.74) is 6.85. The molecule has 0 aromatic heterocycles. The summed E-state index contributed by atoms with van der Waals surface area (Å²) in [7, 11) is 1.65. The standard InChI is InChI=1S/C23H29N3O2/c1-16-5-8-19(9-6-16)22-14-21(20-10-7-17(2)18(3)13-20)25-26(22)23(27)15-24-11-12-28-4/h5-10,13,22,24H,11-12,14-15H2,1-4H3. The molecule has 1 unspecified atom stereocenters. The lowest BCUT2D eigenvalue weighted by Crippen LogP contribution is -2.36. The van der Waals surface area contributed by atoms with Gasteiger partial charge in [0.15, 0.2) is 0 Å². The van der Waals surface area contributed by atoms with Crippen LogP contribution in [0.5, 0.6) is 0 Å². The number of amides is 1. The molecule has 1 heterocycles. The lowest BCUT2D eigenvalue weighted by Gasteiger charge is -2.22. The lowest BCUT2D eigenvalue weighted by atomic mass is 9.96.